The largest absolute Gasteiger partial charge is 0.497 e. The lowest BCUT2D eigenvalue weighted by molar-refractivity contribution is -0.113. The molecule has 2 aromatic heterocycles. The second-order valence-electron chi connectivity index (χ2n) is 8.13. The van der Waals surface area contributed by atoms with Crippen molar-refractivity contribution in [2.24, 2.45) is 0 Å². The monoisotopic (exact) mass is 481 g/mol. The smallest absolute Gasteiger partial charge is 0.277 e. The average molecular weight is 482 g/mol. The molecule has 1 N–H and O–H groups in total. The summed E-state index contributed by atoms with van der Waals surface area (Å²) in [5, 5.41) is 21.1. The van der Waals surface area contributed by atoms with Crippen molar-refractivity contribution in [3.8, 4) is 29.0 Å². The van der Waals surface area contributed by atoms with Gasteiger partial charge in [-0.25, -0.2) is 0 Å². The molecule has 0 radical (unpaired) electrons. The van der Waals surface area contributed by atoms with Gasteiger partial charge < -0.3 is 23.8 Å². The van der Waals surface area contributed by atoms with Crippen molar-refractivity contribution < 1.29 is 18.7 Å². The van der Waals surface area contributed by atoms with E-state index in [9.17, 15) is 10.1 Å². The first kappa shape index (κ1) is 23.7. The molecule has 0 atom stereocenters. The molecular weight excluding hydrogens is 454 g/mol. The Kier molecular flexibility index (Phi) is 7.12. The molecule has 2 heterocycles. The minimum atomic E-state index is -0.236. The molecule has 1 aliphatic carbocycles. The molecule has 10 heteroatoms. The first-order chi connectivity index (χ1) is 16.5. The molecule has 1 fully saturated rings. The van der Waals surface area contributed by atoms with Crippen molar-refractivity contribution in [2.45, 2.75) is 50.8 Å². The molecule has 9 nitrogen and oxygen atoms in total. The Morgan fingerprint density at radius 2 is 2.03 bits per heavy atom. The number of thioether (sulfide) groups is 1. The summed E-state index contributed by atoms with van der Waals surface area (Å²) in [6.07, 6.45) is 4.42. The topological polar surface area (TPSA) is 115 Å². The van der Waals surface area contributed by atoms with Gasteiger partial charge in [0, 0.05) is 17.8 Å². The van der Waals surface area contributed by atoms with E-state index in [4.69, 9.17) is 13.9 Å². The van der Waals surface area contributed by atoms with Gasteiger partial charge in [-0.1, -0.05) is 24.6 Å². The number of nitriles is 1. The van der Waals surface area contributed by atoms with Gasteiger partial charge in [-0.2, -0.15) is 5.26 Å². The molecule has 0 saturated heterocycles. The van der Waals surface area contributed by atoms with E-state index in [0.29, 0.717) is 34.5 Å². The Bertz CT molecular complexity index is 1240. The average Bonchev–Trinajstić information content (AvgIpc) is 3.59. The number of hydrogen-bond donors (Lipinski definition) is 1. The van der Waals surface area contributed by atoms with Gasteiger partial charge in [0.2, 0.25) is 5.91 Å². The number of rotatable bonds is 8. The number of anilines is 1. The zero-order valence-electron chi connectivity index (χ0n) is 19.7. The number of ether oxygens (including phenoxy) is 2. The highest BCUT2D eigenvalue weighted by atomic mass is 32.2. The molecule has 34 heavy (non-hydrogen) atoms. The van der Waals surface area contributed by atoms with Gasteiger partial charge in [0.15, 0.2) is 0 Å². The molecule has 1 amide bonds. The lowest BCUT2D eigenvalue weighted by atomic mass is 10.2. The second-order valence-corrected chi connectivity index (χ2v) is 9.06. The van der Waals surface area contributed by atoms with E-state index in [1.807, 2.05) is 13.8 Å². The Balaban J connectivity index is 1.47. The van der Waals surface area contributed by atoms with E-state index in [0.717, 1.165) is 48.7 Å². The van der Waals surface area contributed by atoms with E-state index in [1.54, 1.807) is 32.4 Å². The molecule has 1 aromatic carbocycles. The zero-order valence-corrected chi connectivity index (χ0v) is 20.5. The van der Waals surface area contributed by atoms with E-state index in [-0.39, 0.29) is 22.8 Å². The maximum Gasteiger partial charge on any atom is 0.277 e. The van der Waals surface area contributed by atoms with Gasteiger partial charge in [0.05, 0.1) is 31.1 Å². The number of aromatic nitrogens is 3. The van der Waals surface area contributed by atoms with Gasteiger partial charge >= 0.3 is 0 Å². The quantitative estimate of drug-likeness (QED) is 0.452. The van der Waals surface area contributed by atoms with Crippen LogP contribution >= 0.6 is 11.8 Å². The van der Waals surface area contributed by atoms with Crippen molar-refractivity contribution >= 4 is 23.5 Å². The fourth-order valence-corrected chi connectivity index (χ4v) is 4.92. The summed E-state index contributed by atoms with van der Waals surface area (Å²) >= 11 is 1.14. The third-order valence-electron chi connectivity index (χ3n) is 6.19. The Morgan fingerprint density at radius 3 is 2.71 bits per heavy atom. The van der Waals surface area contributed by atoms with Crippen molar-refractivity contribution in [1.29, 1.82) is 5.26 Å². The SMILES string of the molecule is COc1ccc(-c2nnc(SCC(=O)Nc3c(C#N)c(C)c(C)n3C3CCCC3)o2)c(OC)c1. The highest BCUT2D eigenvalue weighted by molar-refractivity contribution is 7.99. The summed E-state index contributed by atoms with van der Waals surface area (Å²) < 4.78 is 18.5. The molecule has 1 aliphatic rings. The zero-order chi connectivity index (χ0) is 24.2. The molecule has 3 aromatic rings. The lowest BCUT2D eigenvalue weighted by Gasteiger charge is -2.19. The molecule has 0 bridgehead atoms. The number of hydrogen-bond acceptors (Lipinski definition) is 8. The summed E-state index contributed by atoms with van der Waals surface area (Å²) in [7, 11) is 3.13. The third kappa shape index (κ3) is 4.61. The molecule has 0 spiro atoms. The summed E-state index contributed by atoms with van der Waals surface area (Å²) in [4.78, 5) is 12.8. The Morgan fingerprint density at radius 1 is 1.26 bits per heavy atom. The van der Waals surface area contributed by atoms with Crippen LogP contribution in [0.3, 0.4) is 0 Å². The summed E-state index contributed by atoms with van der Waals surface area (Å²) in [6.45, 7) is 3.93. The van der Waals surface area contributed by atoms with Crippen LogP contribution in [0.15, 0.2) is 27.8 Å². The minimum Gasteiger partial charge on any atom is -0.497 e. The number of nitrogens with zero attached hydrogens (tertiary/aromatic N) is 4. The maximum atomic E-state index is 12.8. The number of amides is 1. The van der Waals surface area contributed by atoms with Gasteiger partial charge in [-0.3, -0.25) is 4.79 Å². The van der Waals surface area contributed by atoms with E-state index in [1.165, 1.54) is 0 Å². The number of methoxy groups -OCH3 is 2. The van der Waals surface area contributed by atoms with E-state index < -0.39 is 0 Å². The van der Waals surface area contributed by atoms with Crippen LogP contribution in [-0.4, -0.2) is 40.6 Å². The van der Waals surface area contributed by atoms with Crippen LogP contribution in [0.1, 0.15) is 48.5 Å². The number of nitrogens with one attached hydrogen (secondary N) is 1. The standard InChI is InChI=1S/C24H27N5O4S/c1-14-15(2)29(16-7-5-6-8-16)22(19(14)12-25)26-21(30)13-34-24-28-27-23(33-24)18-10-9-17(31-3)11-20(18)32-4/h9-11,16H,5-8,13H2,1-4H3,(H,26,30). The number of carbonyl (C=O) groups excluding carboxylic acids is 1. The van der Waals surface area contributed by atoms with Crippen LogP contribution in [0, 0.1) is 25.2 Å². The summed E-state index contributed by atoms with van der Waals surface area (Å²) in [6, 6.07) is 7.86. The second kappa shape index (κ2) is 10.2. The summed E-state index contributed by atoms with van der Waals surface area (Å²) in [5.41, 5.74) is 3.09. The fraction of sp³-hybridized carbons (Fsp3) is 0.417. The predicted octanol–water partition coefficient (Wildman–Crippen LogP) is 4.89. The summed E-state index contributed by atoms with van der Waals surface area (Å²) in [5.74, 6) is 1.90. The van der Waals surface area contributed by atoms with Crippen molar-refractivity contribution in [3.05, 3.63) is 35.0 Å². The van der Waals surface area contributed by atoms with Gasteiger partial charge in [0.25, 0.3) is 11.1 Å². The number of benzene rings is 1. The fourth-order valence-electron chi connectivity index (χ4n) is 4.35. The van der Waals surface area contributed by atoms with Crippen molar-refractivity contribution in [2.75, 3.05) is 25.3 Å². The van der Waals surface area contributed by atoms with Gasteiger partial charge in [-0.05, 0) is 44.4 Å². The molecular formula is C24H27N5O4S. The van der Waals surface area contributed by atoms with Crippen LogP contribution in [0.4, 0.5) is 5.82 Å². The lowest BCUT2D eigenvalue weighted by Crippen LogP contribution is -2.19. The van der Waals surface area contributed by atoms with Gasteiger partial charge in [0.1, 0.15) is 23.4 Å². The first-order valence-corrected chi connectivity index (χ1v) is 12.0. The van der Waals surface area contributed by atoms with Crippen LogP contribution in [0.25, 0.3) is 11.5 Å². The van der Waals surface area contributed by atoms with Gasteiger partial charge in [-0.15, -0.1) is 10.2 Å². The van der Waals surface area contributed by atoms with Crippen LogP contribution in [0.2, 0.25) is 0 Å². The highest BCUT2D eigenvalue weighted by Crippen LogP contribution is 2.38. The maximum absolute atomic E-state index is 12.8. The predicted molar refractivity (Wildman–Crippen MR) is 128 cm³/mol. The van der Waals surface area contributed by atoms with Crippen LogP contribution in [0.5, 0.6) is 11.5 Å². The first-order valence-electron chi connectivity index (χ1n) is 11.1. The van der Waals surface area contributed by atoms with Crippen molar-refractivity contribution in [3.63, 3.8) is 0 Å². The van der Waals surface area contributed by atoms with E-state index >= 15 is 0 Å². The van der Waals surface area contributed by atoms with E-state index in [2.05, 4.69) is 26.2 Å². The third-order valence-corrected chi connectivity index (χ3v) is 7.01. The molecule has 0 unspecified atom stereocenters. The minimum absolute atomic E-state index is 0.0696. The normalized spacial score (nSPS) is 13.6. The Labute approximate surface area is 202 Å². The highest BCUT2D eigenvalue weighted by Gasteiger charge is 2.27. The molecule has 1 saturated carbocycles. The molecule has 178 valence electrons. The Hall–Kier alpha value is -3.45. The molecule has 4 rings (SSSR count). The molecule has 0 aliphatic heterocycles. The van der Waals surface area contributed by atoms with Crippen LogP contribution < -0.4 is 14.8 Å². The van der Waals surface area contributed by atoms with Crippen LogP contribution in [-0.2, 0) is 4.79 Å². The van der Waals surface area contributed by atoms with Crippen molar-refractivity contribution in [1.82, 2.24) is 14.8 Å². The number of carbonyl (C=O) groups is 1.